The summed E-state index contributed by atoms with van der Waals surface area (Å²) >= 11 is 5.88. The van der Waals surface area contributed by atoms with E-state index in [4.69, 9.17) is 16.3 Å². The van der Waals surface area contributed by atoms with Gasteiger partial charge in [0.05, 0.1) is 25.2 Å². The zero-order valence-electron chi connectivity index (χ0n) is 10.8. The lowest BCUT2D eigenvalue weighted by atomic mass is 10.1. The van der Waals surface area contributed by atoms with Gasteiger partial charge in [-0.2, -0.15) is 0 Å². The Hall–Kier alpha value is -1.43. The van der Waals surface area contributed by atoms with Crippen molar-refractivity contribution < 1.29 is 14.3 Å². The molecule has 6 heteroatoms. The van der Waals surface area contributed by atoms with E-state index in [0.29, 0.717) is 24.7 Å². The third-order valence-electron chi connectivity index (χ3n) is 3.72. The van der Waals surface area contributed by atoms with Crippen molar-refractivity contribution in [1.29, 1.82) is 0 Å². The molecule has 20 heavy (non-hydrogen) atoms. The van der Waals surface area contributed by atoms with Crippen LogP contribution in [0.3, 0.4) is 0 Å². The molecule has 2 atom stereocenters. The normalized spacial score (nSPS) is 27.6. The number of carbonyl (C=O) groups is 2. The molecule has 1 aromatic carbocycles. The minimum Gasteiger partial charge on any atom is -0.371 e. The summed E-state index contributed by atoms with van der Waals surface area (Å²) in [6.45, 7) is 1.81. The van der Waals surface area contributed by atoms with E-state index in [1.807, 2.05) is 29.2 Å². The first kappa shape index (κ1) is 13.5. The predicted octanol–water partition coefficient (Wildman–Crippen LogP) is 1.13. The van der Waals surface area contributed by atoms with E-state index in [1.165, 1.54) is 0 Å². The molecule has 0 saturated carbocycles. The lowest BCUT2D eigenvalue weighted by molar-refractivity contribution is -0.128. The molecule has 3 rings (SSSR count). The summed E-state index contributed by atoms with van der Waals surface area (Å²) in [6.07, 6.45) is 0.149. The SMILES string of the molecule is O=C1CC(N2CCO[C@H](c3ccc(Cl)cc3)C2)C(=O)N1. The number of nitrogens with one attached hydrogen (secondary N) is 1. The molecule has 2 fully saturated rings. The number of hydrogen-bond acceptors (Lipinski definition) is 4. The molecule has 0 aliphatic carbocycles. The standard InChI is InChI=1S/C14H15ClN2O3/c15-10-3-1-9(2-4-10)12-8-17(5-6-20-12)11-7-13(18)16-14(11)19/h1-4,11-12H,5-8H2,(H,16,18,19)/t11?,12-/m0/s1. The quantitative estimate of drug-likeness (QED) is 0.831. The van der Waals surface area contributed by atoms with Crippen molar-refractivity contribution in [2.24, 2.45) is 0 Å². The third-order valence-corrected chi connectivity index (χ3v) is 3.98. The van der Waals surface area contributed by atoms with Gasteiger partial charge in [-0.15, -0.1) is 0 Å². The Kier molecular flexibility index (Phi) is 3.74. The van der Waals surface area contributed by atoms with Crippen molar-refractivity contribution >= 4 is 23.4 Å². The Balaban J connectivity index is 1.72. The molecular weight excluding hydrogens is 280 g/mol. The summed E-state index contributed by atoms with van der Waals surface area (Å²) in [7, 11) is 0. The van der Waals surface area contributed by atoms with Gasteiger partial charge in [0.15, 0.2) is 0 Å². The van der Waals surface area contributed by atoms with E-state index in [0.717, 1.165) is 5.56 Å². The smallest absolute Gasteiger partial charge is 0.244 e. The maximum atomic E-state index is 11.7. The number of nitrogens with zero attached hydrogens (tertiary/aromatic N) is 1. The number of amides is 2. The molecule has 2 aliphatic heterocycles. The van der Waals surface area contributed by atoms with Crippen LogP contribution in [-0.4, -0.2) is 42.5 Å². The Morgan fingerprint density at radius 2 is 2.00 bits per heavy atom. The van der Waals surface area contributed by atoms with Crippen LogP contribution in [0, 0.1) is 0 Å². The summed E-state index contributed by atoms with van der Waals surface area (Å²) in [5, 5.41) is 3.03. The topological polar surface area (TPSA) is 58.6 Å². The highest BCUT2D eigenvalue weighted by Gasteiger charge is 2.37. The van der Waals surface area contributed by atoms with Crippen LogP contribution in [0.2, 0.25) is 5.02 Å². The highest BCUT2D eigenvalue weighted by molar-refractivity contribution is 6.30. The fourth-order valence-corrected chi connectivity index (χ4v) is 2.79. The number of imide groups is 1. The number of hydrogen-bond donors (Lipinski definition) is 1. The van der Waals surface area contributed by atoms with Crippen LogP contribution in [0.1, 0.15) is 18.1 Å². The average molecular weight is 295 g/mol. The molecule has 2 heterocycles. The average Bonchev–Trinajstić information content (AvgIpc) is 2.79. The molecule has 0 aromatic heterocycles. The summed E-state index contributed by atoms with van der Waals surface area (Å²) < 4.78 is 5.75. The molecular formula is C14H15ClN2O3. The fourth-order valence-electron chi connectivity index (χ4n) is 2.67. The second kappa shape index (κ2) is 5.52. The predicted molar refractivity (Wildman–Crippen MR) is 73.3 cm³/mol. The van der Waals surface area contributed by atoms with Gasteiger partial charge in [-0.05, 0) is 17.7 Å². The van der Waals surface area contributed by atoms with Crippen LogP contribution in [0.5, 0.6) is 0 Å². The molecule has 1 aromatic rings. The first-order valence-electron chi connectivity index (χ1n) is 6.58. The van der Waals surface area contributed by atoms with Gasteiger partial charge in [0.1, 0.15) is 0 Å². The van der Waals surface area contributed by atoms with Gasteiger partial charge >= 0.3 is 0 Å². The molecule has 2 saturated heterocycles. The van der Waals surface area contributed by atoms with Gasteiger partial charge in [0.2, 0.25) is 11.8 Å². The monoisotopic (exact) mass is 294 g/mol. The van der Waals surface area contributed by atoms with Crippen molar-refractivity contribution in [2.75, 3.05) is 19.7 Å². The van der Waals surface area contributed by atoms with Gasteiger partial charge in [-0.3, -0.25) is 19.8 Å². The number of rotatable bonds is 2. The molecule has 2 aliphatic rings. The number of carbonyl (C=O) groups excluding carboxylic acids is 2. The van der Waals surface area contributed by atoms with Crippen LogP contribution < -0.4 is 5.32 Å². The summed E-state index contributed by atoms with van der Waals surface area (Å²) in [5.74, 6) is -0.402. The van der Waals surface area contributed by atoms with Gasteiger partial charge in [-0.1, -0.05) is 23.7 Å². The van der Waals surface area contributed by atoms with Crippen LogP contribution in [-0.2, 0) is 14.3 Å². The van der Waals surface area contributed by atoms with Crippen LogP contribution in [0.25, 0.3) is 0 Å². The van der Waals surface area contributed by atoms with E-state index < -0.39 is 0 Å². The Morgan fingerprint density at radius 1 is 1.25 bits per heavy atom. The summed E-state index contributed by atoms with van der Waals surface area (Å²) in [4.78, 5) is 25.0. The molecule has 0 radical (unpaired) electrons. The molecule has 5 nitrogen and oxygen atoms in total. The molecule has 2 amide bonds. The van der Waals surface area contributed by atoms with Crippen LogP contribution in [0.4, 0.5) is 0 Å². The maximum absolute atomic E-state index is 11.7. The third kappa shape index (κ3) is 2.70. The summed E-state index contributed by atoms with van der Waals surface area (Å²) in [6, 6.07) is 7.14. The Bertz CT molecular complexity index is 532. The lowest BCUT2D eigenvalue weighted by Crippen LogP contribution is -2.47. The first-order chi connectivity index (χ1) is 9.63. The number of morpholine rings is 1. The van der Waals surface area contributed by atoms with Gasteiger partial charge in [-0.25, -0.2) is 0 Å². The zero-order valence-corrected chi connectivity index (χ0v) is 11.6. The Labute approximate surface area is 121 Å². The molecule has 0 bridgehead atoms. The number of ether oxygens (including phenoxy) is 1. The Morgan fingerprint density at radius 3 is 2.65 bits per heavy atom. The van der Waals surface area contributed by atoms with E-state index in [9.17, 15) is 9.59 Å². The minimum atomic E-state index is -0.360. The van der Waals surface area contributed by atoms with E-state index >= 15 is 0 Å². The van der Waals surface area contributed by atoms with Crippen molar-refractivity contribution in [3.8, 4) is 0 Å². The lowest BCUT2D eigenvalue weighted by Gasteiger charge is -2.35. The highest BCUT2D eigenvalue weighted by atomic mass is 35.5. The highest BCUT2D eigenvalue weighted by Crippen LogP contribution is 2.26. The fraction of sp³-hybridized carbons (Fsp3) is 0.429. The molecule has 1 N–H and O–H groups in total. The molecule has 1 unspecified atom stereocenters. The maximum Gasteiger partial charge on any atom is 0.244 e. The van der Waals surface area contributed by atoms with Crippen LogP contribution in [0.15, 0.2) is 24.3 Å². The second-order valence-electron chi connectivity index (χ2n) is 5.04. The van der Waals surface area contributed by atoms with E-state index in [2.05, 4.69) is 5.32 Å². The van der Waals surface area contributed by atoms with E-state index in [-0.39, 0.29) is 30.4 Å². The number of benzene rings is 1. The molecule has 106 valence electrons. The largest absolute Gasteiger partial charge is 0.371 e. The number of halogens is 1. The second-order valence-corrected chi connectivity index (χ2v) is 5.47. The van der Waals surface area contributed by atoms with Gasteiger partial charge < -0.3 is 4.74 Å². The first-order valence-corrected chi connectivity index (χ1v) is 6.96. The van der Waals surface area contributed by atoms with Crippen molar-refractivity contribution in [3.63, 3.8) is 0 Å². The van der Waals surface area contributed by atoms with Crippen LogP contribution >= 0.6 is 11.6 Å². The van der Waals surface area contributed by atoms with Crippen molar-refractivity contribution in [2.45, 2.75) is 18.6 Å². The molecule has 0 spiro atoms. The van der Waals surface area contributed by atoms with Gasteiger partial charge in [0, 0.05) is 18.1 Å². The van der Waals surface area contributed by atoms with Crippen molar-refractivity contribution in [3.05, 3.63) is 34.9 Å². The van der Waals surface area contributed by atoms with E-state index in [1.54, 1.807) is 0 Å². The minimum absolute atomic E-state index is 0.0930. The zero-order chi connectivity index (χ0) is 14.1. The van der Waals surface area contributed by atoms with Crippen molar-refractivity contribution in [1.82, 2.24) is 10.2 Å². The summed E-state index contributed by atoms with van der Waals surface area (Å²) in [5.41, 5.74) is 1.03. The van der Waals surface area contributed by atoms with Gasteiger partial charge in [0.25, 0.3) is 0 Å².